The minimum atomic E-state index is -0.0979. The maximum atomic E-state index is 12.4. The summed E-state index contributed by atoms with van der Waals surface area (Å²) in [5.41, 5.74) is 3.15. The first-order valence-electron chi connectivity index (χ1n) is 8.13. The summed E-state index contributed by atoms with van der Waals surface area (Å²) in [6.45, 7) is 2.05. The molecule has 1 N–H and O–H groups in total. The van der Waals surface area contributed by atoms with Crippen LogP contribution in [0.2, 0.25) is 10.0 Å². The molecule has 6 nitrogen and oxygen atoms in total. The van der Waals surface area contributed by atoms with Crippen LogP contribution >= 0.6 is 23.2 Å². The van der Waals surface area contributed by atoms with Crippen LogP contribution < -0.4 is 5.56 Å². The Morgan fingerprint density at radius 3 is 2.58 bits per heavy atom. The molecule has 0 amide bonds. The highest BCUT2D eigenvalue weighted by atomic mass is 35.5. The van der Waals surface area contributed by atoms with Crippen LogP contribution in [-0.4, -0.2) is 31.4 Å². The number of H-pyrrole nitrogens is 1. The van der Waals surface area contributed by atoms with Gasteiger partial charge in [0.2, 0.25) is 0 Å². The van der Waals surface area contributed by atoms with E-state index in [1.807, 2.05) is 12.1 Å². The molecule has 0 bridgehead atoms. The second-order valence-corrected chi connectivity index (χ2v) is 7.08. The van der Waals surface area contributed by atoms with Crippen molar-refractivity contribution in [1.82, 2.24) is 24.8 Å². The first-order valence-corrected chi connectivity index (χ1v) is 8.89. The van der Waals surface area contributed by atoms with Gasteiger partial charge >= 0.3 is 0 Å². The number of hydrogen-bond acceptors (Lipinski definition) is 5. The summed E-state index contributed by atoms with van der Waals surface area (Å²) >= 11 is 12.2. The number of aromatic nitrogens is 4. The Morgan fingerprint density at radius 1 is 1.12 bits per heavy atom. The summed E-state index contributed by atoms with van der Waals surface area (Å²) in [5, 5.41) is 1.23. The lowest BCUT2D eigenvalue weighted by atomic mass is 10.1. The number of rotatable bonds is 3. The molecule has 1 aliphatic heterocycles. The lowest BCUT2D eigenvalue weighted by Crippen LogP contribution is -2.35. The molecule has 0 saturated carbocycles. The second-order valence-electron chi connectivity index (χ2n) is 6.21. The molecule has 1 aliphatic rings. The standard InChI is InChI=1S/C18H15Cl2N5O/c19-13-3-11(4-14(20)5-13)8-25-2-1-15-16(9-25)23-17(24-18(15)26)12-6-21-10-22-7-12/h3-7,10H,1-2,8-9H2,(H,23,24,26). The Hall–Kier alpha value is -2.28. The van der Waals surface area contributed by atoms with Gasteiger partial charge in [0, 0.05) is 47.6 Å². The van der Waals surface area contributed by atoms with Gasteiger partial charge in [0.15, 0.2) is 0 Å². The zero-order chi connectivity index (χ0) is 18.1. The van der Waals surface area contributed by atoms with Gasteiger partial charge in [-0.15, -0.1) is 0 Å². The Balaban J connectivity index is 1.61. The van der Waals surface area contributed by atoms with Gasteiger partial charge in [0.05, 0.1) is 11.3 Å². The molecule has 3 heterocycles. The van der Waals surface area contributed by atoms with Gasteiger partial charge in [0.1, 0.15) is 12.2 Å². The topological polar surface area (TPSA) is 74.8 Å². The van der Waals surface area contributed by atoms with Crippen LogP contribution in [0.3, 0.4) is 0 Å². The highest BCUT2D eigenvalue weighted by Crippen LogP contribution is 2.23. The van der Waals surface area contributed by atoms with E-state index in [2.05, 4.69) is 24.8 Å². The Kier molecular flexibility index (Phi) is 4.72. The normalized spacial score (nSPS) is 14.2. The zero-order valence-corrected chi connectivity index (χ0v) is 15.3. The van der Waals surface area contributed by atoms with Crippen molar-refractivity contribution < 1.29 is 0 Å². The number of aromatic amines is 1. The van der Waals surface area contributed by atoms with Crippen LogP contribution in [0.1, 0.15) is 16.8 Å². The van der Waals surface area contributed by atoms with E-state index in [1.165, 1.54) is 6.33 Å². The molecule has 26 heavy (non-hydrogen) atoms. The highest BCUT2D eigenvalue weighted by molar-refractivity contribution is 6.34. The molecule has 132 valence electrons. The fourth-order valence-corrected chi connectivity index (χ4v) is 3.72. The van der Waals surface area contributed by atoms with Crippen molar-refractivity contribution in [3.63, 3.8) is 0 Å². The fraction of sp³-hybridized carbons (Fsp3) is 0.222. The quantitative estimate of drug-likeness (QED) is 0.747. The molecule has 1 aromatic carbocycles. The van der Waals surface area contributed by atoms with Crippen LogP contribution in [0.5, 0.6) is 0 Å². The molecule has 0 saturated heterocycles. The van der Waals surface area contributed by atoms with Gasteiger partial charge in [-0.1, -0.05) is 23.2 Å². The van der Waals surface area contributed by atoms with Gasteiger partial charge in [0.25, 0.3) is 5.56 Å². The molecule has 0 spiro atoms. The molecule has 2 aromatic heterocycles. The van der Waals surface area contributed by atoms with Gasteiger partial charge in [-0.2, -0.15) is 0 Å². The van der Waals surface area contributed by atoms with Crippen molar-refractivity contribution in [2.75, 3.05) is 6.54 Å². The van der Waals surface area contributed by atoms with E-state index < -0.39 is 0 Å². The third kappa shape index (κ3) is 3.62. The number of nitrogens with zero attached hydrogens (tertiary/aromatic N) is 4. The van der Waals surface area contributed by atoms with Crippen LogP contribution in [0, 0.1) is 0 Å². The Bertz CT molecular complexity index is 986. The van der Waals surface area contributed by atoms with E-state index in [-0.39, 0.29) is 5.56 Å². The molecular weight excluding hydrogens is 373 g/mol. The van der Waals surface area contributed by atoms with Crippen molar-refractivity contribution in [2.45, 2.75) is 19.5 Å². The van der Waals surface area contributed by atoms with Crippen LogP contribution in [0.15, 0.2) is 41.7 Å². The molecule has 0 fully saturated rings. The van der Waals surface area contributed by atoms with E-state index >= 15 is 0 Å². The van der Waals surface area contributed by atoms with Crippen molar-refractivity contribution in [1.29, 1.82) is 0 Å². The molecule has 3 aromatic rings. The van der Waals surface area contributed by atoms with E-state index in [4.69, 9.17) is 23.2 Å². The summed E-state index contributed by atoms with van der Waals surface area (Å²) in [7, 11) is 0. The number of halogens is 2. The molecule has 0 aliphatic carbocycles. The third-order valence-corrected chi connectivity index (χ3v) is 4.75. The maximum Gasteiger partial charge on any atom is 0.254 e. The Morgan fingerprint density at radius 2 is 1.85 bits per heavy atom. The summed E-state index contributed by atoms with van der Waals surface area (Å²) in [4.78, 5) is 30.1. The third-order valence-electron chi connectivity index (χ3n) is 4.32. The predicted octanol–water partition coefficient (Wildman–Crippen LogP) is 3.09. The van der Waals surface area contributed by atoms with Crippen molar-refractivity contribution in [3.8, 4) is 11.4 Å². The van der Waals surface area contributed by atoms with E-state index in [9.17, 15) is 4.79 Å². The number of hydrogen-bond donors (Lipinski definition) is 1. The van der Waals surface area contributed by atoms with Gasteiger partial charge in [-0.3, -0.25) is 9.69 Å². The predicted molar refractivity (Wildman–Crippen MR) is 100 cm³/mol. The average Bonchev–Trinajstić information content (AvgIpc) is 2.61. The van der Waals surface area contributed by atoms with E-state index in [0.29, 0.717) is 40.9 Å². The SMILES string of the molecule is O=c1[nH]c(-c2cncnc2)nc2c1CCN(Cc1cc(Cl)cc(Cl)c1)C2. The van der Waals surface area contributed by atoms with Gasteiger partial charge in [-0.05, 0) is 30.2 Å². The molecule has 8 heteroatoms. The minimum absolute atomic E-state index is 0.0979. The summed E-state index contributed by atoms with van der Waals surface area (Å²) in [5.74, 6) is 0.488. The van der Waals surface area contributed by atoms with Crippen LogP contribution in [0.4, 0.5) is 0 Å². The van der Waals surface area contributed by atoms with Crippen molar-refractivity contribution in [3.05, 3.63) is 74.1 Å². The fourth-order valence-electron chi connectivity index (χ4n) is 3.15. The maximum absolute atomic E-state index is 12.4. The molecule has 0 unspecified atom stereocenters. The molecular formula is C18H15Cl2N5O. The van der Waals surface area contributed by atoms with Crippen molar-refractivity contribution >= 4 is 23.2 Å². The van der Waals surface area contributed by atoms with Crippen LogP contribution in [-0.2, 0) is 19.5 Å². The second kappa shape index (κ2) is 7.15. The summed E-state index contributed by atoms with van der Waals surface area (Å²) in [6, 6.07) is 5.52. The monoisotopic (exact) mass is 387 g/mol. The smallest absolute Gasteiger partial charge is 0.254 e. The first kappa shape index (κ1) is 17.1. The summed E-state index contributed by atoms with van der Waals surface area (Å²) in [6.07, 6.45) is 5.36. The number of benzene rings is 1. The van der Waals surface area contributed by atoms with Gasteiger partial charge < -0.3 is 4.98 Å². The number of fused-ring (bicyclic) bond motifs is 1. The molecule has 0 radical (unpaired) electrons. The largest absolute Gasteiger partial charge is 0.306 e. The highest BCUT2D eigenvalue weighted by Gasteiger charge is 2.21. The summed E-state index contributed by atoms with van der Waals surface area (Å²) < 4.78 is 0. The van der Waals surface area contributed by atoms with E-state index in [0.717, 1.165) is 23.4 Å². The first-order chi connectivity index (χ1) is 12.6. The Labute approximate surface area is 159 Å². The molecule has 0 atom stereocenters. The van der Waals surface area contributed by atoms with Crippen molar-refractivity contribution in [2.24, 2.45) is 0 Å². The number of nitrogens with one attached hydrogen (secondary N) is 1. The molecule has 4 rings (SSSR count). The van der Waals surface area contributed by atoms with Gasteiger partial charge in [-0.25, -0.2) is 15.0 Å². The zero-order valence-electron chi connectivity index (χ0n) is 13.7. The minimum Gasteiger partial charge on any atom is -0.306 e. The van der Waals surface area contributed by atoms with E-state index in [1.54, 1.807) is 18.5 Å². The average molecular weight is 388 g/mol. The lowest BCUT2D eigenvalue weighted by molar-refractivity contribution is 0.240. The van der Waals surface area contributed by atoms with Crippen LogP contribution in [0.25, 0.3) is 11.4 Å². The lowest BCUT2D eigenvalue weighted by Gasteiger charge is -2.27.